The van der Waals surface area contributed by atoms with Crippen molar-refractivity contribution in [1.29, 1.82) is 0 Å². The largest absolute Gasteiger partial charge is 0.381 e. The molecule has 0 aromatic heterocycles. The molecule has 2 atom stereocenters. The van der Waals surface area contributed by atoms with Gasteiger partial charge in [0.25, 0.3) is 0 Å². The van der Waals surface area contributed by atoms with Crippen molar-refractivity contribution in [1.82, 2.24) is 0 Å². The van der Waals surface area contributed by atoms with Gasteiger partial charge in [-0.1, -0.05) is 42.1 Å². The zero-order valence-corrected chi connectivity index (χ0v) is 10.9. The molecule has 0 aromatic rings. The summed E-state index contributed by atoms with van der Waals surface area (Å²) in [6.07, 6.45) is 9.39. The van der Waals surface area contributed by atoms with E-state index in [1.165, 1.54) is 38.5 Å². The Morgan fingerprint density at radius 1 is 1.14 bits per heavy atom. The Morgan fingerprint density at radius 2 is 1.93 bits per heavy atom. The normalized spacial score (nSPS) is 28.7. The van der Waals surface area contributed by atoms with Crippen LogP contribution in [0, 0.1) is 5.92 Å². The Kier molecular flexibility index (Phi) is 6.88. The molecule has 0 spiro atoms. The molecule has 1 saturated carbocycles. The maximum absolute atomic E-state index is 5.55. The lowest BCUT2D eigenvalue weighted by Crippen LogP contribution is -2.15. The summed E-state index contributed by atoms with van der Waals surface area (Å²) in [7, 11) is 0. The van der Waals surface area contributed by atoms with Gasteiger partial charge >= 0.3 is 0 Å². The molecule has 0 bridgehead atoms. The van der Waals surface area contributed by atoms with Crippen LogP contribution in [0.25, 0.3) is 0 Å². The van der Waals surface area contributed by atoms with Gasteiger partial charge in [-0.2, -0.15) is 0 Å². The second kappa shape index (κ2) is 7.70. The minimum Gasteiger partial charge on any atom is -0.381 e. The number of hydrogen-bond acceptors (Lipinski definition) is 1. The fourth-order valence-electron chi connectivity index (χ4n) is 2.15. The second-order valence-corrected chi connectivity index (χ2v) is 5.49. The summed E-state index contributed by atoms with van der Waals surface area (Å²) < 4.78 is 5.55. The third-order valence-corrected chi connectivity index (χ3v) is 4.25. The van der Waals surface area contributed by atoms with Crippen molar-refractivity contribution in [3.63, 3.8) is 0 Å². The number of alkyl halides is 1. The van der Waals surface area contributed by atoms with E-state index in [0.717, 1.165) is 30.4 Å². The van der Waals surface area contributed by atoms with Crippen LogP contribution in [0.15, 0.2) is 0 Å². The summed E-state index contributed by atoms with van der Waals surface area (Å²) in [6, 6.07) is 0. The highest BCUT2D eigenvalue weighted by Crippen LogP contribution is 2.30. The maximum Gasteiger partial charge on any atom is 0.0469 e. The Morgan fingerprint density at radius 3 is 2.71 bits per heavy atom. The molecular weight excluding hydrogens is 240 g/mol. The van der Waals surface area contributed by atoms with Crippen LogP contribution < -0.4 is 0 Å². The van der Waals surface area contributed by atoms with Crippen molar-refractivity contribution in [3.05, 3.63) is 0 Å². The molecule has 0 aromatic carbocycles. The SMILES string of the molecule is CCCOCCC1CCCCCC1Br. The third-order valence-electron chi connectivity index (χ3n) is 3.05. The molecule has 1 nitrogen and oxygen atoms in total. The van der Waals surface area contributed by atoms with Gasteiger partial charge in [-0.15, -0.1) is 0 Å². The van der Waals surface area contributed by atoms with Gasteiger partial charge in [0.15, 0.2) is 0 Å². The molecule has 0 N–H and O–H groups in total. The van der Waals surface area contributed by atoms with E-state index in [2.05, 4.69) is 22.9 Å². The molecule has 14 heavy (non-hydrogen) atoms. The van der Waals surface area contributed by atoms with E-state index in [0.29, 0.717) is 0 Å². The highest BCUT2D eigenvalue weighted by molar-refractivity contribution is 9.09. The first kappa shape index (κ1) is 12.5. The van der Waals surface area contributed by atoms with Crippen molar-refractivity contribution in [3.8, 4) is 0 Å². The molecule has 0 amide bonds. The smallest absolute Gasteiger partial charge is 0.0469 e. The van der Waals surface area contributed by atoms with E-state index in [1.807, 2.05) is 0 Å². The average molecular weight is 263 g/mol. The first-order valence-electron chi connectivity index (χ1n) is 6.06. The Bertz CT molecular complexity index is 138. The fraction of sp³-hybridized carbons (Fsp3) is 1.00. The number of rotatable bonds is 5. The van der Waals surface area contributed by atoms with Gasteiger partial charge in [-0.05, 0) is 31.6 Å². The van der Waals surface area contributed by atoms with E-state index in [1.54, 1.807) is 0 Å². The minimum absolute atomic E-state index is 0.746. The fourth-order valence-corrected chi connectivity index (χ4v) is 3.00. The minimum atomic E-state index is 0.746. The summed E-state index contributed by atoms with van der Waals surface area (Å²) in [4.78, 5) is 0.746. The van der Waals surface area contributed by atoms with E-state index < -0.39 is 0 Å². The van der Waals surface area contributed by atoms with Crippen LogP contribution in [0.1, 0.15) is 51.9 Å². The van der Waals surface area contributed by atoms with Crippen molar-refractivity contribution in [2.75, 3.05) is 13.2 Å². The maximum atomic E-state index is 5.55. The lowest BCUT2D eigenvalue weighted by Gasteiger charge is -2.19. The van der Waals surface area contributed by atoms with Crippen molar-refractivity contribution in [2.24, 2.45) is 5.92 Å². The summed E-state index contributed by atoms with van der Waals surface area (Å²) >= 11 is 3.82. The Labute approximate surface area is 96.7 Å². The van der Waals surface area contributed by atoms with Gasteiger partial charge in [-0.3, -0.25) is 0 Å². The summed E-state index contributed by atoms with van der Waals surface area (Å²) in [5, 5.41) is 0. The zero-order valence-electron chi connectivity index (χ0n) is 9.30. The lowest BCUT2D eigenvalue weighted by molar-refractivity contribution is 0.119. The van der Waals surface area contributed by atoms with E-state index in [9.17, 15) is 0 Å². The highest BCUT2D eigenvalue weighted by atomic mass is 79.9. The van der Waals surface area contributed by atoms with E-state index >= 15 is 0 Å². The second-order valence-electron chi connectivity index (χ2n) is 4.32. The molecule has 1 aliphatic rings. The van der Waals surface area contributed by atoms with Crippen LogP contribution >= 0.6 is 15.9 Å². The Hall–Kier alpha value is 0.440. The molecular formula is C12H23BrO. The summed E-state index contributed by atoms with van der Waals surface area (Å²) in [5.74, 6) is 0.856. The van der Waals surface area contributed by atoms with Gasteiger partial charge in [-0.25, -0.2) is 0 Å². The number of halogens is 1. The number of ether oxygens (including phenoxy) is 1. The van der Waals surface area contributed by atoms with Crippen LogP contribution in [-0.4, -0.2) is 18.0 Å². The van der Waals surface area contributed by atoms with Crippen LogP contribution in [0.2, 0.25) is 0 Å². The predicted octanol–water partition coefficient (Wildman–Crippen LogP) is 4.15. The molecule has 0 aliphatic heterocycles. The van der Waals surface area contributed by atoms with Gasteiger partial charge in [0.2, 0.25) is 0 Å². The monoisotopic (exact) mass is 262 g/mol. The molecule has 1 rings (SSSR count). The first-order chi connectivity index (χ1) is 6.84. The van der Waals surface area contributed by atoms with Crippen molar-refractivity contribution < 1.29 is 4.74 Å². The molecule has 1 fully saturated rings. The van der Waals surface area contributed by atoms with Crippen LogP contribution in [0.5, 0.6) is 0 Å². The Balaban J connectivity index is 2.13. The van der Waals surface area contributed by atoms with Crippen LogP contribution in [-0.2, 0) is 4.74 Å². The molecule has 0 heterocycles. The molecule has 2 unspecified atom stereocenters. The van der Waals surface area contributed by atoms with E-state index in [-0.39, 0.29) is 0 Å². The van der Waals surface area contributed by atoms with Gasteiger partial charge in [0, 0.05) is 18.0 Å². The van der Waals surface area contributed by atoms with Crippen molar-refractivity contribution in [2.45, 2.75) is 56.7 Å². The van der Waals surface area contributed by atoms with Crippen LogP contribution in [0.3, 0.4) is 0 Å². The van der Waals surface area contributed by atoms with Crippen molar-refractivity contribution >= 4 is 15.9 Å². The predicted molar refractivity (Wildman–Crippen MR) is 65.0 cm³/mol. The molecule has 0 radical (unpaired) electrons. The molecule has 1 aliphatic carbocycles. The summed E-state index contributed by atoms with van der Waals surface area (Å²) in [5.41, 5.74) is 0. The molecule has 0 saturated heterocycles. The van der Waals surface area contributed by atoms with Gasteiger partial charge < -0.3 is 4.74 Å². The average Bonchev–Trinajstić information content (AvgIpc) is 2.39. The van der Waals surface area contributed by atoms with E-state index in [4.69, 9.17) is 4.74 Å². The van der Waals surface area contributed by atoms with Gasteiger partial charge in [0.05, 0.1) is 0 Å². The molecule has 2 heteroatoms. The topological polar surface area (TPSA) is 9.23 Å². The quantitative estimate of drug-likeness (QED) is 0.411. The molecule has 84 valence electrons. The summed E-state index contributed by atoms with van der Waals surface area (Å²) in [6.45, 7) is 4.05. The first-order valence-corrected chi connectivity index (χ1v) is 6.98. The van der Waals surface area contributed by atoms with Gasteiger partial charge in [0.1, 0.15) is 0 Å². The third kappa shape index (κ3) is 4.79. The van der Waals surface area contributed by atoms with Crippen LogP contribution in [0.4, 0.5) is 0 Å². The zero-order chi connectivity index (χ0) is 10.2. The highest BCUT2D eigenvalue weighted by Gasteiger charge is 2.20. The number of hydrogen-bond donors (Lipinski definition) is 0. The standard InChI is InChI=1S/C12H23BrO/c1-2-9-14-10-8-11-6-4-3-5-7-12(11)13/h11-12H,2-10H2,1H3. The lowest BCUT2D eigenvalue weighted by atomic mass is 9.97.